The van der Waals surface area contributed by atoms with Crippen molar-refractivity contribution in [3.05, 3.63) is 53.6 Å². The quantitative estimate of drug-likeness (QED) is 0.708. The molecule has 22 heavy (non-hydrogen) atoms. The molecule has 1 aromatic heterocycles. The molecule has 5 heteroatoms. The van der Waals surface area contributed by atoms with Gasteiger partial charge in [-0.2, -0.15) is 0 Å². The molecule has 0 spiro atoms. The van der Waals surface area contributed by atoms with Crippen LogP contribution in [0.2, 0.25) is 5.02 Å². The predicted octanol–water partition coefficient (Wildman–Crippen LogP) is 3.59. The predicted molar refractivity (Wildman–Crippen MR) is 88.2 cm³/mol. The minimum absolute atomic E-state index is 0.0729. The molecule has 2 atom stereocenters. The lowest BCUT2D eigenvalue weighted by Gasteiger charge is -2.22. The molecule has 0 fully saturated rings. The van der Waals surface area contributed by atoms with Crippen LogP contribution in [0, 0.1) is 0 Å². The number of hydrogen-bond acceptors (Lipinski definition) is 3. The zero-order valence-electron chi connectivity index (χ0n) is 13.1. The first-order valence-corrected chi connectivity index (χ1v) is 7.89. The second-order valence-electron chi connectivity index (χ2n) is 5.45. The fraction of sp³-hybridized carbons (Fsp3) is 0.471. The molecule has 0 bridgehead atoms. The van der Waals surface area contributed by atoms with E-state index in [9.17, 15) is 0 Å². The second kappa shape index (κ2) is 8.93. The van der Waals surface area contributed by atoms with E-state index < -0.39 is 0 Å². The average Bonchev–Trinajstić information content (AvgIpc) is 2.99. The zero-order chi connectivity index (χ0) is 15.8. The van der Waals surface area contributed by atoms with Crippen LogP contribution in [0.5, 0.6) is 0 Å². The molecule has 0 saturated heterocycles. The standard InChI is InChI=1S/C17H23ClN2O2/c1-14(12-21-2)22-17(11-20-10-9-19-13-20)8-5-15-3-6-16(18)7-4-15/h3-4,6-7,9-10,13-14,17H,5,8,11-12H2,1-2H3/t14-,17-/m0/s1. The molecule has 2 rings (SSSR count). The van der Waals surface area contributed by atoms with Crippen LogP contribution in [0.4, 0.5) is 0 Å². The summed E-state index contributed by atoms with van der Waals surface area (Å²) in [4.78, 5) is 4.09. The maximum absolute atomic E-state index is 6.11. The highest BCUT2D eigenvalue weighted by Crippen LogP contribution is 2.14. The molecule has 4 nitrogen and oxygen atoms in total. The van der Waals surface area contributed by atoms with Gasteiger partial charge in [0.1, 0.15) is 0 Å². The van der Waals surface area contributed by atoms with Crippen LogP contribution in [-0.4, -0.2) is 35.5 Å². The smallest absolute Gasteiger partial charge is 0.0946 e. The summed E-state index contributed by atoms with van der Waals surface area (Å²) in [6, 6.07) is 7.98. The van der Waals surface area contributed by atoms with Crippen LogP contribution < -0.4 is 0 Å². The number of imidazole rings is 1. The largest absolute Gasteiger partial charge is 0.382 e. The molecule has 120 valence electrons. The third kappa shape index (κ3) is 5.79. The van der Waals surface area contributed by atoms with Gasteiger partial charge in [-0.3, -0.25) is 0 Å². The maximum Gasteiger partial charge on any atom is 0.0946 e. The van der Waals surface area contributed by atoms with Gasteiger partial charge in [0.05, 0.1) is 25.1 Å². The Kier molecular flexibility index (Phi) is 6.90. The van der Waals surface area contributed by atoms with Gasteiger partial charge < -0.3 is 14.0 Å². The molecule has 2 aromatic rings. The highest BCUT2D eigenvalue weighted by molar-refractivity contribution is 6.30. The van der Waals surface area contributed by atoms with Gasteiger partial charge in [0.25, 0.3) is 0 Å². The summed E-state index contributed by atoms with van der Waals surface area (Å²) >= 11 is 5.92. The number of aryl methyl sites for hydroxylation is 1. The van der Waals surface area contributed by atoms with E-state index in [1.165, 1.54) is 5.56 Å². The average molecular weight is 323 g/mol. The minimum atomic E-state index is 0.0729. The van der Waals surface area contributed by atoms with Gasteiger partial charge in [-0.1, -0.05) is 23.7 Å². The Hall–Kier alpha value is -1.36. The summed E-state index contributed by atoms with van der Waals surface area (Å²) in [6.45, 7) is 3.43. The van der Waals surface area contributed by atoms with Gasteiger partial charge in [-0.05, 0) is 37.5 Å². The summed E-state index contributed by atoms with van der Waals surface area (Å²) in [5.74, 6) is 0. The van der Waals surface area contributed by atoms with Crippen molar-refractivity contribution in [2.24, 2.45) is 0 Å². The van der Waals surface area contributed by atoms with Gasteiger partial charge in [0.2, 0.25) is 0 Å². The number of ether oxygens (including phenoxy) is 2. The fourth-order valence-electron chi connectivity index (χ4n) is 2.41. The van der Waals surface area contributed by atoms with E-state index in [1.54, 1.807) is 13.3 Å². The number of hydrogen-bond donors (Lipinski definition) is 0. The summed E-state index contributed by atoms with van der Waals surface area (Å²) < 4.78 is 13.3. The van der Waals surface area contributed by atoms with E-state index in [1.807, 2.05) is 36.1 Å². The molecule has 1 heterocycles. The van der Waals surface area contributed by atoms with Crippen LogP contribution in [0.15, 0.2) is 43.0 Å². The molecule has 0 radical (unpaired) electrons. The van der Waals surface area contributed by atoms with E-state index in [-0.39, 0.29) is 12.2 Å². The van der Waals surface area contributed by atoms with Crippen molar-refractivity contribution in [1.82, 2.24) is 9.55 Å². The van der Waals surface area contributed by atoms with Crippen molar-refractivity contribution in [1.29, 1.82) is 0 Å². The summed E-state index contributed by atoms with van der Waals surface area (Å²) in [5.41, 5.74) is 1.27. The van der Waals surface area contributed by atoms with E-state index in [4.69, 9.17) is 21.1 Å². The first-order chi connectivity index (χ1) is 10.7. The Morgan fingerprint density at radius 1 is 1.27 bits per heavy atom. The van der Waals surface area contributed by atoms with Crippen LogP contribution in [0.3, 0.4) is 0 Å². The molecule has 0 aliphatic heterocycles. The highest BCUT2D eigenvalue weighted by atomic mass is 35.5. The number of methoxy groups -OCH3 is 1. The van der Waals surface area contributed by atoms with Crippen LogP contribution in [-0.2, 0) is 22.4 Å². The maximum atomic E-state index is 6.11. The molecule has 0 aliphatic rings. The lowest BCUT2D eigenvalue weighted by atomic mass is 10.1. The van der Waals surface area contributed by atoms with E-state index >= 15 is 0 Å². The van der Waals surface area contributed by atoms with Crippen molar-refractivity contribution in [2.75, 3.05) is 13.7 Å². The van der Waals surface area contributed by atoms with Crippen LogP contribution >= 0.6 is 11.6 Å². The normalized spacial score (nSPS) is 14.0. The molecule has 1 aromatic carbocycles. The molecule has 0 amide bonds. The molecular weight excluding hydrogens is 300 g/mol. The van der Waals surface area contributed by atoms with Crippen molar-refractivity contribution < 1.29 is 9.47 Å². The van der Waals surface area contributed by atoms with Gasteiger partial charge in [0.15, 0.2) is 0 Å². The monoisotopic (exact) mass is 322 g/mol. The first kappa shape index (κ1) is 17.0. The Bertz CT molecular complexity index is 528. The molecule has 0 aliphatic carbocycles. The SMILES string of the molecule is COC[C@H](C)O[C@@H](CCc1ccc(Cl)cc1)Cn1ccnc1. The summed E-state index contributed by atoms with van der Waals surface area (Å²) in [7, 11) is 1.69. The fourth-order valence-corrected chi connectivity index (χ4v) is 2.54. The van der Waals surface area contributed by atoms with Crippen molar-refractivity contribution in [3.63, 3.8) is 0 Å². The third-order valence-corrected chi connectivity index (χ3v) is 3.72. The van der Waals surface area contributed by atoms with E-state index in [0.29, 0.717) is 6.61 Å². The number of nitrogens with zero attached hydrogens (tertiary/aromatic N) is 2. The van der Waals surface area contributed by atoms with Crippen molar-refractivity contribution in [3.8, 4) is 0 Å². The molecule has 0 saturated carbocycles. The molecule has 0 N–H and O–H groups in total. The number of rotatable bonds is 9. The van der Waals surface area contributed by atoms with Gasteiger partial charge >= 0.3 is 0 Å². The topological polar surface area (TPSA) is 36.3 Å². The summed E-state index contributed by atoms with van der Waals surface area (Å²) in [5, 5.41) is 0.767. The van der Waals surface area contributed by atoms with Crippen molar-refractivity contribution >= 4 is 11.6 Å². The Morgan fingerprint density at radius 2 is 2.05 bits per heavy atom. The van der Waals surface area contributed by atoms with Gasteiger partial charge in [-0.15, -0.1) is 0 Å². The second-order valence-corrected chi connectivity index (χ2v) is 5.89. The van der Waals surface area contributed by atoms with E-state index in [0.717, 1.165) is 24.4 Å². The first-order valence-electron chi connectivity index (χ1n) is 7.52. The third-order valence-electron chi connectivity index (χ3n) is 3.47. The number of benzene rings is 1. The Balaban J connectivity index is 1.92. The summed E-state index contributed by atoms with van der Waals surface area (Å²) in [6.07, 6.45) is 7.65. The lowest BCUT2D eigenvalue weighted by Crippen LogP contribution is -2.27. The van der Waals surface area contributed by atoms with E-state index in [2.05, 4.69) is 17.1 Å². The lowest BCUT2D eigenvalue weighted by molar-refractivity contribution is -0.0478. The Labute approximate surface area is 137 Å². The van der Waals surface area contributed by atoms with Crippen LogP contribution in [0.1, 0.15) is 18.9 Å². The Morgan fingerprint density at radius 3 is 2.68 bits per heavy atom. The van der Waals surface area contributed by atoms with Gasteiger partial charge in [0, 0.05) is 31.1 Å². The highest BCUT2D eigenvalue weighted by Gasteiger charge is 2.14. The minimum Gasteiger partial charge on any atom is -0.382 e. The number of aromatic nitrogens is 2. The van der Waals surface area contributed by atoms with Crippen LogP contribution in [0.25, 0.3) is 0 Å². The van der Waals surface area contributed by atoms with Crippen molar-refractivity contribution in [2.45, 2.75) is 38.5 Å². The molecule has 0 unspecified atom stereocenters. The number of halogens is 1. The zero-order valence-corrected chi connectivity index (χ0v) is 13.9. The van der Waals surface area contributed by atoms with Gasteiger partial charge in [-0.25, -0.2) is 4.98 Å². The molecular formula is C17H23ClN2O2.